The summed E-state index contributed by atoms with van der Waals surface area (Å²) in [4.78, 5) is 13.6. The predicted molar refractivity (Wildman–Crippen MR) is 105 cm³/mol. The highest BCUT2D eigenvalue weighted by atomic mass is 16.5. The number of hydrogen-bond donors (Lipinski definition) is 1. The SMILES string of the molecule is CCc1cc(NCC(C)c2ccccc2OC)nc(-c2ccccn2)n1. The summed E-state index contributed by atoms with van der Waals surface area (Å²) >= 11 is 0. The van der Waals surface area contributed by atoms with Crippen molar-refractivity contribution in [2.24, 2.45) is 0 Å². The van der Waals surface area contributed by atoms with E-state index in [-0.39, 0.29) is 5.92 Å². The van der Waals surface area contributed by atoms with Gasteiger partial charge < -0.3 is 10.1 Å². The van der Waals surface area contributed by atoms with E-state index in [1.807, 2.05) is 42.5 Å². The molecule has 2 heterocycles. The molecule has 134 valence electrons. The molecule has 3 aromatic rings. The molecule has 1 unspecified atom stereocenters. The van der Waals surface area contributed by atoms with E-state index in [0.29, 0.717) is 5.82 Å². The molecular formula is C21H24N4O. The summed E-state index contributed by atoms with van der Waals surface area (Å²) in [6.07, 6.45) is 2.60. The van der Waals surface area contributed by atoms with Gasteiger partial charge in [-0.3, -0.25) is 4.98 Å². The van der Waals surface area contributed by atoms with E-state index >= 15 is 0 Å². The van der Waals surface area contributed by atoms with Gasteiger partial charge in [-0.2, -0.15) is 0 Å². The molecule has 0 radical (unpaired) electrons. The van der Waals surface area contributed by atoms with Gasteiger partial charge in [-0.15, -0.1) is 0 Å². The van der Waals surface area contributed by atoms with Crippen molar-refractivity contribution in [1.29, 1.82) is 0 Å². The molecule has 1 aromatic carbocycles. The maximum absolute atomic E-state index is 5.47. The van der Waals surface area contributed by atoms with Gasteiger partial charge in [-0.05, 0) is 30.2 Å². The molecule has 0 aliphatic carbocycles. The van der Waals surface area contributed by atoms with Gasteiger partial charge in [0.15, 0.2) is 5.82 Å². The zero-order valence-electron chi connectivity index (χ0n) is 15.4. The summed E-state index contributed by atoms with van der Waals surface area (Å²) in [5.74, 6) is 2.66. The lowest BCUT2D eigenvalue weighted by Gasteiger charge is -2.17. The minimum atomic E-state index is 0.282. The van der Waals surface area contributed by atoms with Gasteiger partial charge in [-0.25, -0.2) is 9.97 Å². The van der Waals surface area contributed by atoms with Crippen LogP contribution in [0.1, 0.15) is 31.0 Å². The van der Waals surface area contributed by atoms with E-state index in [1.54, 1.807) is 13.3 Å². The zero-order valence-corrected chi connectivity index (χ0v) is 15.4. The second kappa shape index (κ2) is 8.43. The van der Waals surface area contributed by atoms with Crippen molar-refractivity contribution >= 4 is 5.82 Å². The average molecular weight is 348 g/mol. The Hall–Kier alpha value is -2.95. The summed E-state index contributed by atoms with van der Waals surface area (Å²) < 4.78 is 5.47. The van der Waals surface area contributed by atoms with Gasteiger partial charge in [0.05, 0.1) is 7.11 Å². The van der Waals surface area contributed by atoms with Gasteiger partial charge in [0, 0.05) is 30.4 Å². The average Bonchev–Trinajstić information content (AvgIpc) is 2.72. The number of aryl methyl sites for hydroxylation is 1. The van der Waals surface area contributed by atoms with Gasteiger partial charge in [0.25, 0.3) is 0 Å². The van der Waals surface area contributed by atoms with E-state index in [0.717, 1.165) is 35.9 Å². The fourth-order valence-corrected chi connectivity index (χ4v) is 2.82. The molecule has 3 rings (SSSR count). The van der Waals surface area contributed by atoms with Gasteiger partial charge in [-0.1, -0.05) is 38.1 Å². The molecule has 0 aliphatic rings. The minimum Gasteiger partial charge on any atom is -0.496 e. The first-order valence-corrected chi connectivity index (χ1v) is 8.87. The number of anilines is 1. The zero-order chi connectivity index (χ0) is 18.4. The molecule has 0 amide bonds. The number of hydrogen-bond acceptors (Lipinski definition) is 5. The Morgan fingerprint density at radius 2 is 1.88 bits per heavy atom. The Bertz CT molecular complexity index is 852. The number of para-hydroxylation sites is 1. The lowest BCUT2D eigenvalue weighted by atomic mass is 10.00. The highest BCUT2D eigenvalue weighted by Gasteiger charge is 2.12. The Kier molecular flexibility index (Phi) is 5.79. The number of benzene rings is 1. The maximum atomic E-state index is 5.47. The molecule has 0 spiro atoms. The largest absolute Gasteiger partial charge is 0.496 e. The molecule has 0 bridgehead atoms. The fourth-order valence-electron chi connectivity index (χ4n) is 2.82. The van der Waals surface area contributed by atoms with Crippen LogP contribution >= 0.6 is 0 Å². The highest BCUT2D eigenvalue weighted by molar-refractivity contribution is 5.53. The van der Waals surface area contributed by atoms with Crippen molar-refractivity contribution in [2.75, 3.05) is 19.0 Å². The van der Waals surface area contributed by atoms with Crippen LogP contribution in [-0.4, -0.2) is 28.6 Å². The van der Waals surface area contributed by atoms with Crippen LogP contribution in [0.3, 0.4) is 0 Å². The van der Waals surface area contributed by atoms with Gasteiger partial charge in [0.2, 0.25) is 0 Å². The van der Waals surface area contributed by atoms with Crippen molar-refractivity contribution in [3.05, 3.63) is 66.0 Å². The number of nitrogens with zero attached hydrogens (tertiary/aromatic N) is 3. The van der Waals surface area contributed by atoms with E-state index in [9.17, 15) is 0 Å². The number of pyridine rings is 1. The van der Waals surface area contributed by atoms with Crippen molar-refractivity contribution < 1.29 is 4.74 Å². The van der Waals surface area contributed by atoms with E-state index < -0.39 is 0 Å². The number of nitrogens with one attached hydrogen (secondary N) is 1. The summed E-state index contributed by atoms with van der Waals surface area (Å²) in [5.41, 5.74) is 2.95. The third-order valence-electron chi connectivity index (χ3n) is 4.29. The molecule has 0 aliphatic heterocycles. The molecular weight excluding hydrogens is 324 g/mol. The van der Waals surface area contributed by atoms with E-state index in [1.165, 1.54) is 5.56 Å². The summed E-state index contributed by atoms with van der Waals surface area (Å²) in [6, 6.07) is 15.9. The number of aromatic nitrogens is 3. The van der Waals surface area contributed by atoms with Gasteiger partial charge >= 0.3 is 0 Å². The molecule has 0 saturated heterocycles. The first-order chi connectivity index (χ1) is 12.7. The Labute approximate surface area is 154 Å². The van der Waals surface area contributed by atoms with Crippen LogP contribution in [0, 0.1) is 0 Å². The Morgan fingerprint density at radius 1 is 1.08 bits per heavy atom. The summed E-state index contributed by atoms with van der Waals surface area (Å²) in [7, 11) is 1.70. The topological polar surface area (TPSA) is 59.9 Å². The third-order valence-corrected chi connectivity index (χ3v) is 4.29. The monoisotopic (exact) mass is 348 g/mol. The number of rotatable bonds is 7. The minimum absolute atomic E-state index is 0.282. The predicted octanol–water partition coefficient (Wildman–Crippen LogP) is 4.33. The summed E-state index contributed by atoms with van der Waals surface area (Å²) in [6.45, 7) is 5.01. The first-order valence-electron chi connectivity index (χ1n) is 8.87. The van der Waals surface area contributed by atoms with Crippen LogP contribution < -0.4 is 10.1 Å². The molecule has 2 aromatic heterocycles. The second-order valence-electron chi connectivity index (χ2n) is 6.16. The number of methoxy groups -OCH3 is 1. The van der Waals surface area contributed by atoms with Crippen molar-refractivity contribution in [2.45, 2.75) is 26.2 Å². The van der Waals surface area contributed by atoms with Crippen LogP contribution in [-0.2, 0) is 6.42 Å². The lowest BCUT2D eigenvalue weighted by molar-refractivity contribution is 0.407. The van der Waals surface area contributed by atoms with Crippen LogP contribution in [0.2, 0.25) is 0 Å². The first kappa shape index (κ1) is 17.9. The second-order valence-corrected chi connectivity index (χ2v) is 6.16. The lowest BCUT2D eigenvalue weighted by Crippen LogP contribution is -2.13. The van der Waals surface area contributed by atoms with E-state index in [4.69, 9.17) is 4.74 Å². The van der Waals surface area contributed by atoms with Crippen LogP contribution in [0.15, 0.2) is 54.7 Å². The molecule has 5 nitrogen and oxygen atoms in total. The molecule has 5 heteroatoms. The fraction of sp³-hybridized carbons (Fsp3) is 0.286. The standard InChI is InChI=1S/C21H24N4O/c1-4-16-13-20(25-21(24-16)18-10-7-8-12-22-18)23-14-15(2)17-9-5-6-11-19(17)26-3/h5-13,15H,4,14H2,1-3H3,(H,23,24,25). The molecule has 0 saturated carbocycles. The Morgan fingerprint density at radius 3 is 2.62 bits per heavy atom. The van der Waals surface area contributed by atoms with Crippen LogP contribution in [0.25, 0.3) is 11.5 Å². The van der Waals surface area contributed by atoms with Crippen molar-refractivity contribution in [3.63, 3.8) is 0 Å². The molecule has 1 atom stereocenters. The molecule has 0 fully saturated rings. The smallest absolute Gasteiger partial charge is 0.180 e. The maximum Gasteiger partial charge on any atom is 0.180 e. The quantitative estimate of drug-likeness (QED) is 0.689. The Balaban J connectivity index is 1.79. The normalized spacial score (nSPS) is 11.8. The molecule has 26 heavy (non-hydrogen) atoms. The van der Waals surface area contributed by atoms with Gasteiger partial charge in [0.1, 0.15) is 17.3 Å². The van der Waals surface area contributed by atoms with Crippen LogP contribution in [0.4, 0.5) is 5.82 Å². The van der Waals surface area contributed by atoms with E-state index in [2.05, 4.69) is 40.2 Å². The highest BCUT2D eigenvalue weighted by Crippen LogP contribution is 2.26. The number of ether oxygens (including phenoxy) is 1. The third kappa shape index (κ3) is 4.17. The van der Waals surface area contributed by atoms with Crippen molar-refractivity contribution in [1.82, 2.24) is 15.0 Å². The van der Waals surface area contributed by atoms with Crippen molar-refractivity contribution in [3.8, 4) is 17.3 Å². The molecule has 1 N–H and O–H groups in total. The summed E-state index contributed by atoms with van der Waals surface area (Å²) in [5, 5.41) is 3.44. The van der Waals surface area contributed by atoms with Crippen LogP contribution in [0.5, 0.6) is 5.75 Å².